The molecule has 1 heterocycles. The first-order valence-corrected chi connectivity index (χ1v) is 9.53. The van der Waals surface area contributed by atoms with Crippen molar-refractivity contribution in [3.05, 3.63) is 64.7 Å². The number of para-hydroxylation sites is 1. The zero-order chi connectivity index (χ0) is 19.1. The number of hydrogen-bond donors (Lipinski definition) is 1. The Bertz CT molecular complexity index is 745. The second-order valence-electron chi connectivity index (χ2n) is 6.60. The average Bonchev–Trinajstić information content (AvgIpc) is 2.69. The quantitative estimate of drug-likeness (QED) is 0.791. The minimum absolute atomic E-state index is 0.0620. The minimum atomic E-state index is -0.166. The van der Waals surface area contributed by atoms with Crippen LogP contribution >= 0.6 is 11.6 Å². The number of nitrogens with zero attached hydrogens (tertiary/aromatic N) is 1. The van der Waals surface area contributed by atoms with Crippen molar-refractivity contribution in [3.63, 3.8) is 0 Å². The van der Waals surface area contributed by atoms with Gasteiger partial charge in [-0.05, 0) is 24.6 Å². The first-order chi connectivity index (χ1) is 13.1. The number of hydrogen-bond acceptors (Lipinski definition) is 4. The lowest BCUT2D eigenvalue weighted by molar-refractivity contribution is -0.123. The summed E-state index contributed by atoms with van der Waals surface area (Å²) in [6, 6.07) is 15.7. The second kappa shape index (κ2) is 9.74. The van der Waals surface area contributed by atoms with Crippen molar-refractivity contribution < 1.29 is 14.3 Å². The molecule has 1 atom stereocenters. The van der Waals surface area contributed by atoms with E-state index in [2.05, 4.69) is 41.4 Å². The number of morpholine rings is 1. The molecule has 0 bridgehead atoms. The minimum Gasteiger partial charge on any atom is -0.482 e. The highest BCUT2D eigenvalue weighted by atomic mass is 35.5. The number of rotatable bonds is 7. The monoisotopic (exact) mass is 388 g/mol. The molecule has 0 aliphatic carbocycles. The number of benzene rings is 2. The summed E-state index contributed by atoms with van der Waals surface area (Å²) in [7, 11) is 0. The molecule has 2 aromatic carbocycles. The van der Waals surface area contributed by atoms with Crippen LogP contribution in [0, 0.1) is 6.92 Å². The molecule has 1 amide bonds. The van der Waals surface area contributed by atoms with Crippen LogP contribution in [0.1, 0.15) is 17.2 Å². The molecule has 0 aromatic heterocycles. The number of ether oxygens (including phenoxy) is 2. The average molecular weight is 389 g/mol. The van der Waals surface area contributed by atoms with Crippen LogP contribution in [0.15, 0.2) is 48.5 Å². The first kappa shape index (κ1) is 19.7. The molecule has 144 valence electrons. The summed E-state index contributed by atoms with van der Waals surface area (Å²) in [5, 5.41) is 3.49. The van der Waals surface area contributed by atoms with Crippen LogP contribution in [0.4, 0.5) is 0 Å². The van der Waals surface area contributed by atoms with Gasteiger partial charge in [0.2, 0.25) is 0 Å². The lowest BCUT2D eigenvalue weighted by Crippen LogP contribution is -2.44. The van der Waals surface area contributed by atoms with E-state index < -0.39 is 0 Å². The predicted molar refractivity (Wildman–Crippen MR) is 106 cm³/mol. The largest absolute Gasteiger partial charge is 0.482 e. The Labute approximate surface area is 165 Å². The molecule has 0 radical (unpaired) electrons. The zero-order valence-electron chi connectivity index (χ0n) is 15.5. The maximum Gasteiger partial charge on any atom is 0.258 e. The van der Waals surface area contributed by atoms with Gasteiger partial charge in [-0.2, -0.15) is 0 Å². The second-order valence-corrected chi connectivity index (χ2v) is 7.01. The van der Waals surface area contributed by atoms with E-state index in [9.17, 15) is 4.79 Å². The van der Waals surface area contributed by atoms with E-state index >= 15 is 0 Å². The standard InChI is InChI=1S/C21H25ClN2O3/c1-16-6-8-17(9-7-16)19(24-10-12-26-13-11-24)14-23-21(25)15-27-20-5-3-2-4-18(20)22/h2-9,19H,10-15H2,1H3,(H,23,25)/t19-/m1/s1. The molecule has 1 aliphatic rings. The summed E-state index contributed by atoms with van der Waals surface area (Å²) in [6.45, 7) is 5.66. The SMILES string of the molecule is Cc1ccc([C@@H](CNC(=O)COc2ccccc2Cl)N2CCOCC2)cc1. The van der Waals surface area contributed by atoms with Crippen molar-refractivity contribution in [3.8, 4) is 5.75 Å². The summed E-state index contributed by atoms with van der Waals surface area (Å²) >= 11 is 6.05. The van der Waals surface area contributed by atoms with Crippen LogP contribution in [0.5, 0.6) is 5.75 Å². The Hall–Kier alpha value is -2.08. The van der Waals surface area contributed by atoms with Crippen molar-refractivity contribution >= 4 is 17.5 Å². The van der Waals surface area contributed by atoms with Gasteiger partial charge in [-0.1, -0.05) is 53.6 Å². The Kier molecular flexibility index (Phi) is 7.10. The summed E-state index contributed by atoms with van der Waals surface area (Å²) in [5.41, 5.74) is 2.41. The lowest BCUT2D eigenvalue weighted by atomic mass is 10.0. The van der Waals surface area contributed by atoms with Gasteiger partial charge < -0.3 is 14.8 Å². The molecule has 3 rings (SSSR count). The third kappa shape index (κ3) is 5.70. The smallest absolute Gasteiger partial charge is 0.258 e. The molecule has 1 aliphatic heterocycles. The Morgan fingerprint density at radius 2 is 1.89 bits per heavy atom. The molecule has 6 heteroatoms. The molecule has 2 aromatic rings. The van der Waals surface area contributed by atoms with Gasteiger partial charge in [0.15, 0.2) is 6.61 Å². The molecular weight excluding hydrogens is 364 g/mol. The van der Waals surface area contributed by atoms with Gasteiger partial charge in [0.05, 0.1) is 24.3 Å². The highest BCUT2D eigenvalue weighted by molar-refractivity contribution is 6.32. The van der Waals surface area contributed by atoms with E-state index in [1.54, 1.807) is 12.1 Å². The normalized spacial score (nSPS) is 15.9. The summed E-state index contributed by atoms with van der Waals surface area (Å²) in [4.78, 5) is 14.6. The topological polar surface area (TPSA) is 50.8 Å². The number of carbonyl (C=O) groups excluding carboxylic acids is 1. The van der Waals surface area contributed by atoms with Crippen molar-refractivity contribution in [2.45, 2.75) is 13.0 Å². The number of amides is 1. The third-order valence-electron chi connectivity index (χ3n) is 4.64. The Morgan fingerprint density at radius 1 is 1.19 bits per heavy atom. The molecular formula is C21H25ClN2O3. The maximum absolute atomic E-state index is 12.3. The molecule has 0 spiro atoms. The molecule has 5 nitrogen and oxygen atoms in total. The lowest BCUT2D eigenvalue weighted by Gasteiger charge is -2.35. The summed E-state index contributed by atoms with van der Waals surface area (Å²) in [5.74, 6) is 0.345. The fourth-order valence-electron chi connectivity index (χ4n) is 3.10. The van der Waals surface area contributed by atoms with E-state index in [4.69, 9.17) is 21.1 Å². The first-order valence-electron chi connectivity index (χ1n) is 9.16. The Balaban J connectivity index is 1.59. The molecule has 27 heavy (non-hydrogen) atoms. The van der Waals surface area contributed by atoms with Gasteiger partial charge in [0.25, 0.3) is 5.91 Å². The van der Waals surface area contributed by atoms with Gasteiger partial charge in [0, 0.05) is 19.6 Å². The van der Waals surface area contributed by atoms with Gasteiger partial charge >= 0.3 is 0 Å². The van der Waals surface area contributed by atoms with E-state index in [1.165, 1.54) is 11.1 Å². The number of halogens is 1. The number of nitrogens with one attached hydrogen (secondary N) is 1. The maximum atomic E-state index is 12.3. The van der Waals surface area contributed by atoms with Gasteiger partial charge in [-0.3, -0.25) is 9.69 Å². The van der Waals surface area contributed by atoms with Crippen molar-refractivity contribution in [1.29, 1.82) is 0 Å². The number of carbonyl (C=O) groups is 1. The van der Waals surface area contributed by atoms with Crippen LogP contribution in [0.2, 0.25) is 5.02 Å². The van der Waals surface area contributed by atoms with E-state index in [0.29, 0.717) is 30.5 Å². The molecule has 1 saturated heterocycles. The van der Waals surface area contributed by atoms with Crippen LogP contribution in [-0.4, -0.2) is 50.3 Å². The predicted octanol–water partition coefficient (Wildman–Crippen LogP) is 3.22. The summed E-state index contributed by atoms with van der Waals surface area (Å²) in [6.07, 6.45) is 0. The molecule has 0 saturated carbocycles. The van der Waals surface area contributed by atoms with Crippen LogP contribution in [-0.2, 0) is 9.53 Å². The van der Waals surface area contributed by atoms with E-state index in [0.717, 1.165) is 13.1 Å². The molecule has 1 N–H and O–H groups in total. The Morgan fingerprint density at radius 3 is 2.59 bits per heavy atom. The van der Waals surface area contributed by atoms with Crippen molar-refractivity contribution in [2.24, 2.45) is 0 Å². The van der Waals surface area contributed by atoms with Crippen LogP contribution < -0.4 is 10.1 Å². The molecule has 1 fully saturated rings. The van der Waals surface area contributed by atoms with Crippen LogP contribution in [0.25, 0.3) is 0 Å². The highest BCUT2D eigenvalue weighted by Gasteiger charge is 2.23. The third-order valence-corrected chi connectivity index (χ3v) is 4.95. The fourth-order valence-corrected chi connectivity index (χ4v) is 3.29. The molecule has 0 unspecified atom stereocenters. The van der Waals surface area contributed by atoms with Gasteiger partial charge in [-0.15, -0.1) is 0 Å². The van der Waals surface area contributed by atoms with Gasteiger partial charge in [-0.25, -0.2) is 0 Å². The van der Waals surface area contributed by atoms with Crippen molar-refractivity contribution in [1.82, 2.24) is 10.2 Å². The van der Waals surface area contributed by atoms with E-state index in [-0.39, 0.29) is 18.6 Å². The highest BCUT2D eigenvalue weighted by Crippen LogP contribution is 2.23. The van der Waals surface area contributed by atoms with Crippen LogP contribution in [0.3, 0.4) is 0 Å². The number of aryl methyl sites for hydroxylation is 1. The van der Waals surface area contributed by atoms with E-state index in [1.807, 2.05) is 12.1 Å². The van der Waals surface area contributed by atoms with Gasteiger partial charge in [0.1, 0.15) is 5.75 Å². The summed E-state index contributed by atoms with van der Waals surface area (Å²) < 4.78 is 11.0. The fraction of sp³-hybridized carbons (Fsp3) is 0.381. The zero-order valence-corrected chi connectivity index (χ0v) is 16.2. The van der Waals surface area contributed by atoms with Crippen molar-refractivity contribution in [2.75, 3.05) is 39.5 Å².